The highest BCUT2D eigenvalue weighted by atomic mass is 32.1. The molecular formula is C21H19N7O3S2. The zero-order valence-electron chi connectivity index (χ0n) is 17.9. The van der Waals surface area contributed by atoms with E-state index in [2.05, 4.69) is 25.9 Å². The Balaban J connectivity index is 1.52. The van der Waals surface area contributed by atoms with Gasteiger partial charge in [0.1, 0.15) is 5.01 Å². The van der Waals surface area contributed by atoms with Crippen molar-refractivity contribution in [2.75, 3.05) is 5.32 Å². The fourth-order valence-electron chi connectivity index (χ4n) is 3.16. The molecular weight excluding hydrogens is 462 g/mol. The molecule has 0 aliphatic rings. The van der Waals surface area contributed by atoms with E-state index in [1.54, 1.807) is 11.4 Å². The Kier molecular flexibility index (Phi) is 6.11. The molecule has 0 radical (unpaired) electrons. The lowest BCUT2D eigenvalue weighted by atomic mass is 10.1. The van der Waals surface area contributed by atoms with E-state index in [1.165, 1.54) is 29.5 Å². The zero-order valence-corrected chi connectivity index (χ0v) is 19.6. The molecule has 1 amide bonds. The van der Waals surface area contributed by atoms with E-state index in [4.69, 9.17) is 12.2 Å². The first-order chi connectivity index (χ1) is 15.8. The van der Waals surface area contributed by atoms with Crippen LogP contribution in [0, 0.1) is 24.0 Å². The SMILES string of the molecule is CCc1nnc2sc(-c3ccc(C)c(NC(=S)NC(=O)c4ccc(C)c([N+](=O)[O-])c4)c3)nn12. The van der Waals surface area contributed by atoms with Crippen LogP contribution in [-0.4, -0.2) is 35.8 Å². The summed E-state index contributed by atoms with van der Waals surface area (Å²) in [6, 6.07) is 10.0. The fraction of sp³-hybridized carbons (Fsp3) is 0.190. The highest BCUT2D eigenvalue weighted by Crippen LogP contribution is 2.29. The first-order valence-corrected chi connectivity index (χ1v) is 11.2. The summed E-state index contributed by atoms with van der Waals surface area (Å²) in [6.45, 7) is 5.52. The third-order valence-electron chi connectivity index (χ3n) is 5.00. The molecule has 4 aromatic rings. The van der Waals surface area contributed by atoms with Crippen LogP contribution in [0.5, 0.6) is 0 Å². The van der Waals surface area contributed by atoms with E-state index in [0.717, 1.165) is 28.4 Å². The summed E-state index contributed by atoms with van der Waals surface area (Å²) in [5.74, 6) is 0.253. The van der Waals surface area contributed by atoms with E-state index in [-0.39, 0.29) is 16.4 Å². The van der Waals surface area contributed by atoms with Crippen molar-refractivity contribution in [1.82, 2.24) is 25.1 Å². The van der Waals surface area contributed by atoms with Crippen LogP contribution in [-0.2, 0) is 6.42 Å². The largest absolute Gasteiger partial charge is 0.332 e. The van der Waals surface area contributed by atoms with Crippen molar-refractivity contribution < 1.29 is 9.72 Å². The van der Waals surface area contributed by atoms with Crippen molar-refractivity contribution in [3.63, 3.8) is 0 Å². The number of hydrogen-bond acceptors (Lipinski definition) is 8. The van der Waals surface area contributed by atoms with Crippen LogP contribution in [0.2, 0.25) is 0 Å². The Hall–Kier alpha value is -3.77. The monoisotopic (exact) mass is 481 g/mol. The van der Waals surface area contributed by atoms with E-state index < -0.39 is 10.8 Å². The molecule has 0 saturated heterocycles. The van der Waals surface area contributed by atoms with Crippen molar-refractivity contribution in [2.24, 2.45) is 0 Å². The van der Waals surface area contributed by atoms with Gasteiger partial charge in [-0.15, -0.1) is 10.2 Å². The second-order valence-corrected chi connectivity index (χ2v) is 8.63. The first kappa shape index (κ1) is 22.4. The number of rotatable bonds is 5. The second-order valence-electron chi connectivity index (χ2n) is 7.27. The van der Waals surface area contributed by atoms with Crippen molar-refractivity contribution in [2.45, 2.75) is 27.2 Å². The van der Waals surface area contributed by atoms with E-state index in [9.17, 15) is 14.9 Å². The standard InChI is InChI=1S/C21H19N7O3S2/c1-4-17-24-25-21-27(17)26-19(33-21)14-8-5-11(2)15(9-14)22-20(32)23-18(29)13-7-6-12(3)16(10-13)28(30)31/h5-10H,4H2,1-3H3,(H2,22,23,29,32). The molecule has 0 atom stereocenters. The number of thiocarbonyl (C=S) groups is 1. The number of aromatic nitrogens is 4. The van der Waals surface area contributed by atoms with Crippen LogP contribution in [0.3, 0.4) is 0 Å². The highest BCUT2D eigenvalue weighted by Gasteiger charge is 2.17. The van der Waals surface area contributed by atoms with Gasteiger partial charge >= 0.3 is 0 Å². The molecule has 2 aromatic heterocycles. The number of nitro benzene ring substituents is 1. The predicted molar refractivity (Wildman–Crippen MR) is 130 cm³/mol. The summed E-state index contributed by atoms with van der Waals surface area (Å²) in [5, 5.41) is 30.5. The summed E-state index contributed by atoms with van der Waals surface area (Å²) in [6.07, 6.45) is 0.725. The molecule has 0 bridgehead atoms. The summed E-state index contributed by atoms with van der Waals surface area (Å²) in [5.41, 5.74) is 2.98. The summed E-state index contributed by atoms with van der Waals surface area (Å²) >= 11 is 6.73. The van der Waals surface area contributed by atoms with Gasteiger partial charge in [0.2, 0.25) is 4.96 Å². The van der Waals surface area contributed by atoms with Crippen molar-refractivity contribution >= 4 is 50.9 Å². The summed E-state index contributed by atoms with van der Waals surface area (Å²) in [7, 11) is 0. The lowest BCUT2D eigenvalue weighted by Crippen LogP contribution is -2.34. The number of nitrogens with one attached hydrogen (secondary N) is 2. The Morgan fingerprint density at radius 3 is 2.67 bits per heavy atom. The number of carbonyl (C=O) groups excluding carboxylic acids is 1. The third-order valence-corrected chi connectivity index (χ3v) is 6.15. The maximum Gasteiger partial charge on any atom is 0.273 e. The minimum absolute atomic E-state index is 0.0786. The molecule has 0 spiro atoms. The molecule has 33 heavy (non-hydrogen) atoms. The van der Waals surface area contributed by atoms with Crippen LogP contribution in [0.4, 0.5) is 11.4 Å². The van der Waals surface area contributed by atoms with Gasteiger partial charge in [-0.25, -0.2) is 0 Å². The second kappa shape index (κ2) is 9.00. The van der Waals surface area contributed by atoms with Crippen molar-refractivity contribution in [3.8, 4) is 10.6 Å². The number of amides is 1. The lowest BCUT2D eigenvalue weighted by Gasteiger charge is -2.13. The lowest BCUT2D eigenvalue weighted by molar-refractivity contribution is -0.385. The normalized spacial score (nSPS) is 10.9. The number of nitro groups is 1. The van der Waals surface area contributed by atoms with Gasteiger partial charge in [0.05, 0.1) is 4.92 Å². The number of aryl methyl sites for hydroxylation is 3. The molecule has 0 saturated carbocycles. The van der Waals surface area contributed by atoms with E-state index in [0.29, 0.717) is 16.2 Å². The molecule has 4 rings (SSSR count). The maximum atomic E-state index is 12.5. The molecule has 2 N–H and O–H groups in total. The van der Waals surface area contributed by atoms with Crippen LogP contribution < -0.4 is 10.6 Å². The number of anilines is 1. The molecule has 0 aliphatic carbocycles. The number of carbonyl (C=O) groups is 1. The molecule has 2 heterocycles. The van der Waals surface area contributed by atoms with Gasteiger partial charge in [-0.3, -0.25) is 20.2 Å². The van der Waals surface area contributed by atoms with Gasteiger partial charge < -0.3 is 5.32 Å². The smallest absolute Gasteiger partial charge is 0.273 e. The van der Waals surface area contributed by atoms with Crippen LogP contribution >= 0.6 is 23.6 Å². The highest BCUT2D eigenvalue weighted by molar-refractivity contribution is 7.80. The van der Waals surface area contributed by atoms with Gasteiger partial charge in [0.25, 0.3) is 11.6 Å². The number of hydrogen-bond donors (Lipinski definition) is 2. The topological polar surface area (TPSA) is 127 Å². The molecule has 168 valence electrons. The van der Waals surface area contributed by atoms with E-state index in [1.807, 2.05) is 32.0 Å². The maximum absolute atomic E-state index is 12.5. The molecule has 2 aromatic carbocycles. The molecule has 12 heteroatoms. The quantitative estimate of drug-likeness (QED) is 0.248. The van der Waals surface area contributed by atoms with Crippen molar-refractivity contribution in [1.29, 1.82) is 0 Å². The van der Waals surface area contributed by atoms with Crippen LogP contribution in [0.15, 0.2) is 36.4 Å². The third kappa shape index (κ3) is 4.56. The van der Waals surface area contributed by atoms with E-state index >= 15 is 0 Å². The Morgan fingerprint density at radius 1 is 1.18 bits per heavy atom. The van der Waals surface area contributed by atoms with Gasteiger partial charge in [-0.2, -0.15) is 9.61 Å². The van der Waals surface area contributed by atoms with Crippen molar-refractivity contribution in [3.05, 3.63) is 69.0 Å². The Labute approximate surface area is 197 Å². The number of nitrogens with zero attached hydrogens (tertiary/aromatic N) is 5. The summed E-state index contributed by atoms with van der Waals surface area (Å²) < 4.78 is 1.73. The summed E-state index contributed by atoms with van der Waals surface area (Å²) in [4.78, 5) is 23.9. The predicted octanol–water partition coefficient (Wildman–Crippen LogP) is 4.07. The van der Waals surface area contributed by atoms with Crippen LogP contribution in [0.1, 0.15) is 34.2 Å². The van der Waals surface area contributed by atoms with Gasteiger partial charge in [0.15, 0.2) is 10.9 Å². The number of fused-ring (bicyclic) bond motifs is 1. The Morgan fingerprint density at radius 2 is 1.94 bits per heavy atom. The molecule has 0 unspecified atom stereocenters. The number of benzene rings is 2. The van der Waals surface area contributed by atoms with Gasteiger partial charge in [-0.05, 0) is 43.8 Å². The van der Waals surface area contributed by atoms with Gasteiger partial charge in [0, 0.05) is 34.9 Å². The molecule has 0 aliphatic heterocycles. The average molecular weight is 482 g/mol. The van der Waals surface area contributed by atoms with Gasteiger partial charge in [-0.1, -0.05) is 36.5 Å². The average Bonchev–Trinajstić information content (AvgIpc) is 3.36. The minimum atomic E-state index is -0.537. The fourth-order valence-corrected chi connectivity index (χ4v) is 4.22. The minimum Gasteiger partial charge on any atom is -0.332 e. The van der Waals surface area contributed by atoms with Crippen LogP contribution in [0.25, 0.3) is 15.5 Å². The zero-order chi connectivity index (χ0) is 23.7. The molecule has 10 nitrogen and oxygen atoms in total. The Bertz CT molecular complexity index is 1410. The molecule has 0 fully saturated rings. The first-order valence-electron chi connectivity index (χ1n) is 9.96.